The van der Waals surface area contributed by atoms with Gasteiger partial charge < -0.3 is 18.9 Å². The Kier molecular flexibility index (Phi) is 7.70. The van der Waals surface area contributed by atoms with Crippen molar-refractivity contribution in [2.75, 3.05) is 40.8 Å². The average molecular weight is 491 g/mol. The SMILES string of the molecule is COc1ccc(Cn2c(=O)c3cc(OC(CF)CF)ccc3n(C3CCOCC3)c2=O)cc1OC. The number of fused-ring (bicyclic) bond motifs is 1. The molecule has 0 N–H and O–H groups in total. The van der Waals surface area contributed by atoms with E-state index in [1.165, 1.54) is 26.4 Å². The highest BCUT2D eigenvalue weighted by atomic mass is 19.1. The van der Waals surface area contributed by atoms with Crippen molar-refractivity contribution in [1.82, 2.24) is 9.13 Å². The number of hydrogen-bond donors (Lipinski definition) is 0. The van der Waals surface area contributed by atoms with Crippen LogP contribution in [0.15, 0.2) is 46.0 Å². The molecule has 0 radical (unpaired) electrons. The summed E-state index contributed by atoms with van der Waals surface area (Å²) in [6.07, 6.45) is -0.0240. The minimum absolute atomic E-state index is 0.000148. The van der Waals surface area contributed by atoms with E-state index >= 15 is 0 Å². The third kappa shape index (κ3) is 5.02. The van der Waals surface area contributed by atoms with Crippen LogP contribution in [-0.4, -0.2) is 56.0 Å². The maximum atomic E-state index is 13.6. The number of methoxy groups -OCH3 is 2. The first-order valence-electron chi connectivity index (χ1n) is 11.4. The molecule has 1 saturated heterocycles. The van der Waals surface area contributed by atoms with Crippen molar-refractivity contribution < 1.29 is 27.7 Å². The maximum absolute atomic E-state index is 13.6. The van der Waals surface area contributed by atoms with Crippen molar-refractivity contribution in [3.63, 3.8) is 0 Å². The summed E-state index contributed by atoms with van der Waals surface area (Å²) >= 11 is 0. The predicted molar refractivity (Wildman–Crippen MR) is 127 cm³/mol. The first-order chi connectivity index (χ1) is 17.0. The van der Waals surface area contributed by atoms with Gasteiger partial charge in [0.1, 0.15) is 19.1 Å². The molecule has 0 unspecified atom stereocenters. The van der Waals surface area contributed by atoms with Gasteiger partial charge in [-0.15, -0.1) is 0 Å². The highest BCUT2D eigenvalue weighted by molar-refractivity contribution is 5.80. The average Bonchev–Trinajstić information content (AvgIpc) is 2.90. The normalized spacial score (nSPS) is 14.4. The van der Waals surface area contributed by atoms with Crippen molar-refractivity contribution >= 4 is 10.9 Å². The van der Waals surface area contributed by atoms with Gasteiger partial charge in [0.25, 0.3) is 5.56 Å². The Morgan fingerprint density at radius 1 is 1.00 bits per heavy atom. The molecule has 8 nitrogen and oxygen atoms in total. The lowest BCUT2D eigenvalue weighted by molar-refractivity contribution is 0.0691. The Hall–Kier alpha value is -3.40. The van der Waals surface area contributed by atoms with Crippen molar-refractivity contribution in [2.24, 2.45) is 0 Å². The summed E-state index contributed by atoms with van der Waals surface area (Å²) in [5.41, 5.74) is 0.149. The molecule has 188 valence electrons. The summed E-state index contributed by atoms with van der Waals surface area (Å²) in [4.78, 5) is 27.1. The van der Waals surface area contributed by atoms with Gasteiger partial charge in [-0.3, -0.25) is 13.9 Å². The third-order valence-corrected chi connectivity index (χ3v) is 6.13. The van der Waals surface area contributed by atoms with Crippen molar-refractivity contribution in [2.45, 2.75) is 31.5 Å². The van der Waals surface area contributed by atoms with E-state index in [4.69, 9.17) is 18.9 Å². The fourth-order valence-corrected chi connectivity index (χ4v) is 4.33. The van der Waals surface area contributed by atoms with Gasteiger partial charge in [-0.25, -0.2) is 13.6 Å². The first kappa shape index (κ1) is 24.7. The van der Waals surface area contributed by atoms with Crippen LogP contribution >= 0.6 is 0 Å². The highest BCUT2D eigenvalue weighted by Crippen LogP contribution is 2.28. The Bertz CT molecular complexity index is 1300. The van der Waals surface area contributed by atoms with E-state index in [9.17, 15) is 18.4 Å². The monoisotopic (exact) mass is 490 g/mol. The maximum Gasteiger partial charge on any atom is 0.332 e. The number of halogens is 2. The second-order valence-corrected chi connectivity index (χ2v) is 8.30. The number of hydrogen-bond acceptors (Lipinski definition) is 6. The lowest BCUT2D eigenvalue weighted by Crippen LogP contribution is -2.42. The second-order valence-electron chi connectivity index (χ2n) is 8.30. The van der Waals surface area contributed by atoms with Crippen LogP contribution in [0.25, 0.3) is 10.9 Å². The van der Waals surface area contributed by atoms with Crippen LogP contribution in [0, 0.1) is 0 Å². The zero-order valence-electron chi connectivity index (χ0n) is 19.7. The highest BCUT2D eigenvalue weighted by Gasteiger charge is 2.23. The largest absolute Gasteiger partial charge is 0.493 e. The zero-order valence-corrected chi connectivity index (χ0v) is 19.7. The number of aromatic nitrogens is 2. The Morgan fingerprint density at radius 3 is 2.37 bits per heavy atom. The Labute approximate surface area is 200 Å². The van der Waals surface area contributed by atoms with E-state index in [-0.39, 0.29) is 23.7 Å². The number of ether oxygens (including phenoxy) is 4. The van der Waals surface area contributed by atoms with Crippen LogP contribution in [0.4, 0.5) is 8.78 Å². The molecule has 35 heavy (non-hydrogen) atoms. The van der Waals surface area contributed by atoms with Crippen molar-refractivity contribution in [3.05, 3.63) is 62.8 Å². The van der Waals surface area contributed by atoms with Crippen LogP contribution in [0.2, 0.25) is 0 Å². The van der Waals surface area contributed by atoms with Gasteiger partial charge >= 0.3 is 5.69 Å². The molecular formula is C25H28F2N2O6. The van der Waals surface area contributed by atoms with Gasteiger partial charge in [0, 0.05) is 19.3 Å². The molecule has 2 aromatic carbocycles. The van der Waals surface area contributed by atoms with Crippen molar-refractivity contribution in [1.29, 1.82) is 0 Å². The van der Waals surface area contributed by atoms with Crippen LogP contribution in [0.1, 0.15) is 24.4 Å². The predicted octanol–water partition coefficient (Wildman–Crippen LogP) is 3.27. The molecule has 0 spiro atoms. The van der Waals surface area contributed by atoms with Gasteiger partial charge in [0.15, 0.2) is 17.6 Å². The molecule has 0 amide bonds. The Balaban J connectivity index is 1.87. The summed E-state index contributed by atoms with van der Waals surface area (Å²) in [5.74, 6) is 1.16. The zero-order chi connectivity index (χ0) is 24.9. The number of rotatable bonds is 9. The molecular weight excluding hydrogens is 462 g/mol. The van der Waals surface area contributed by atoms with E-state index in [0.29, 0.717) is 48.6 Å². The molecule has 1 fully saturated rings. The van der Waals surface area contributed by atoms with Crippen LogP contribution < -0.4 is 25.5 Å². The molecule has 1 aliphatic rings. The van der Waals surface area contributed by atoms with Gasteiger partial charge in [0.05, 0.1) is 31.7 Å². The van der Waals surface area contributed by atoms with Crippen LogP contribution in [-0.2, 0) is 11.3 Å². The molecule has 0 saturated carbocycles. The van der Waals surface area contributed by atoms with Gasteiger partial charge in [-0.05, 0) is 48.7 Å². The van der Waals surface area contributed by atoms with Gasteiger partial charge in [0.2, 0.25) is 0 Å². The lowest BCUT2D eigenvalue weighted by atomic mass is 10.1. The fraction of sp³-hybridized carbons (Fsp3) is 0.440. The smallest absolute Gasteiger partial charge is 0.332 e. The molecule has 1 aromatic heterocycles. The quantitative estimate of drug-likeness (QED) is 0.458. The molecule has 1 aliphatic heterocycles. The summed E-state index contributed by atoms with van der Waals surface area (Å²) in [5, 5.41) is 0.227. The molecule has 10 heteroatoms. The Morgan fingerprint density at radius 2 is 1.71 bits per heavy atom. The van der Waals surface area contributed by atoms with E-state index in [1.807, 2.05) is 0 Å². The van der Waals surface area contributed by atoms with E-state index < -0.39 is 30.7 Å². The number of benzene rings is 2. The minimum Gasteiger partial charge on any atom is -0.493 e. The molecule has 2 heterocycles. The first-order valence-corrected chi connectivity index (χ1v) is 11.4. The molecule has 0 bridgehead atoms. The standard InChI is InChI=1S/C25H28F2N2O6/c1-32-22-6-3-16(11-23(22)33-2)15-28-24(30)20-12-18(35-19(13-26)14-27)4-5-21(20)29(25(28)31)17-7-9-34-10-8-17/h3-6,11-12,17,19H,7-10,13-15H2,1-2H3. The number of alkyl halides is 2. The van der Waals surface area contributed by atoms with Gasteiger partial charge in [-0.2, -0.15) is 0 Å². The van der Waals surface area contributed by atoms with Crippen molar-refractivity contribution in [3.8, 4) is 17.2 Å². The molecule has 3 aromatic rings. The van der Waals surface area contributed by atoms with Crippen LogP contribution in [0.3, 0.4) is 0 Å². The summed E-state index contributed by atoms with van der Waals surface area (Å²) in [6.45, 7) is -0.994. The topological polar surface area (TPSA) is 80.9 Å². The summed E-state index contributed by atoms with van der Waals surface area (Å²) in [7, 11) is 3.03. The van der Waals surface area contributed by atoms with Gasteiger partial charge in [-0.1, -0.05) is 6.07 Å². The second kappa shape index (κ2) is 10.9. The molecule has 0 atom stereocenters. The fourth-order valence-electron chi connectivity index (χ4n) is 4.33. The molecule has 0 aliphatic carbocycles. The minimum atomic E-state index is -1.26. The number of nitrogens with zero attached hydrogens (tertiary/aromatic N) is 2. The van der Waals surface area contributed by atoms with E-state index in [1.54, 1.807) is 28.8 Å². The summed E-state index contributed by atoms with van der Waals surface area (Å²) < 4.78 is 50.2. The van der Waals surface area contributed by atoms with Crippen LogP contribution in [0.5, 0.6) is 17.2 Å². The van der Waals surface area contributed by atoms with E-state index in [2.05, 4.69) is 0 Å². The lowest BCUT2D eigenvalue weighted by Gasteiger charge is -2.26. The van der Waals surface area contributed by atoms with E-state index in [0.717, 1.165) is 4.57 Å². The summed E-state index contributed by atoms with van der Waals surface area (Å²) in [6, 6.07) is 9.56. The third-order valence-electron chi connectivity index (χ3n) is 6.13. The molecule has 4 rings (SSSR count).